The Bertz CT molecular complexity index is 1710. The molecule has 2 aromatic rings. The molecular formula is C35H44N6O7S. The first-order chi connectivity index (χ1) is 23.4. The predicted molar refractivity (Wildman–Crippen MR) is 184 cm³/mol. The van der Waals surface area contributed by atoms with Gasteiger partial charge in [-0.1, -0.05) is 37.1 Å². The highest BCUT2D eigenvalue weighted by atomic mass is 32.1. The molecule has 0 aromatic carbocycles. The number of carboxylic acid groups (broad SMARTS) is 1. The maximum atomic E-state index is 14.4. The van der Waals surface area contributed by atoms with Crippen molar-refractivity contribution in [2.75, 3.05) is 24.5 Å². The van der Waals surface area contributed by atoms with Crippen LogP contribution >= 0.6 is 11.3 Å². The van der Waals surface area contributed by atoms with Crippen molar-refractivity contribution in [2.45, 2.75) is 95.0 Å². The second-order valence-corrected chi connectivity index (χ2v) is 15.1. The fourth-order valence-corrected chi connectivity index (χ4v) is 7.66. The van der Waals surface area contributed by atoms with E-state index in [2.05, 4.69) is 20.6 Å². The average molecular weight is 693 g/mol. The molecule has 2 aromatic heterocycles. The molecule has 1 saturated heterocycles. The van der Waals surface area contributed by atoms with E-state index in [9.17, 15) is 29.1 Å². The highest BCUT2D eigenvalue weighted by molar-refractivity contribution is 7.08. The third-order valence-electron chi connectivity index (χ3n) is 9.63. The van der Waals surface area contributed by atoms with Gasteiger partial charge >= 0.3 is 12.1 Å². The van der Waals surface area contributed by atoms with Crippen molar-refractivity contribution in [2.24, 2.45) is 5.92 Å². The Morgan fingerprint density at radius 1 is 1.12 bits per heavy atom. The van der Waals surface area contributed by atoms with E-state index in [1.165, 1.54) is 20.9 Å². The molecule has 1 aliphatic carbocycles. The number of carbonyl (C=O) groups is 4. The van der Waals surface area contributed by atoms with Crippen molar-refractivity contribution in [1.29, 1.82) is 0 Å². The van der Waals surface area contributed by atoms with E-state index in [-0.39, 0.29) is 30.9 Å². The Hall–Kier alpha value is -4.46. The number of nitrogens with zero attached hydrogens (tertiary/aromatic N) is 4. The van der Waals surface area contributed by atoms with Crippen LogP contribution in [-0.2, 0) is 19.1 Å². The fraction of sp³-hybridized carbons (Fsp3) is 0.543. The highest BCUT2D eigenvalue weighted by Gasteiger charge is 2.61. The highest BCUT2D eigenvalue weighted by Crippen LogP contribution is 2.45. The summed E-state index contributed by atoms with van der Waals surface area (Å²) < 4.78 is 6.82. The molecular weight excluding hydrogens is 648 g/mol. The number of aromatic nitrogens is 2. The zero-order valence-electron chi connectivity index (χ0n) is 28.1. The van der Waals surface area contributed by atoms with Crippen LogP contribution in [0.1, 0.15) is 71.8 Å². The van der Waals surface area contributed by atoms with Gasteiger partial charge in [-0.05, 0) is 63.3 Å². The molecule has 5 atom stereocenters. The second-order valence-electron chi connectivity index (χ2n) is 14.3. The van der Waals surface area contributed by atoms with E-state index in [1.807, 2.05) is 41.1 Å². The number of nitrogens with one attached hydrogen (secondary N) is 2. The zero-order chi connectivity index (χ0) is 34.9. The SMILES string of the molecule is CC(C)(C)OC(=O)N[C@H]1CCCCCC=C[C@@H]2C[C@@]2(C(=O)O)NC(=O)[C@@H]2C[C@H](n3ncc(N4CC=CC4)c(-c4ccsc4)c3=O)CN2C1=O. The topological polar surface area (TPSA) is 163 Å². The minimum absolute atomic E-state index is 0.0343. The van der Waals surface area contributed by atoms with Crippen molar-refractivity contribution >= 4 is 40.9 Å². The Morgan fingerprint density at radius 2 is 1.90 bits per heavy atom. The van der Waals surface area contributed by atoms with Crippen molar-refractivity contribution in [3.05, 3.63) is 57.7 Å². The van der Waals surface area contributed by atoms with Gasteiger partial charge in [0.2, 0.25) is 11.8 Å². The van der Waals surface area contributed by atoms with E-state index < -0.39 is 53.1 Å². The maximum absolute atomic E-state index is 14.4. The van der Waals surface area contributed by atoms with Gasteiger partial charge in [-0.2, -0.15) is 16.4 Å². The van der Waals surface area contributed by atoms with Gasteiger partial charge in [0.25, 0.3) is 5.56 Å². The molecule has 0 bridgehead atoms. The summed E-state index contributed by atoms with van der Waals surface area (Å²) >= 11 is 1.47. The molecule has 4 aliphatic rings. The molecule has 2 fully saturated rings. The number of allylic oxidation sites excluding steroid dienone is 1. The third-order valence-corrected chi connectivity index (χ3v) is 10.3. The van der Waals surface area contributed by atoms with Crippen LogP contribution < -0.4 is 21.1 Å². The maximum Gasteiger partial charge on any atom is 0.408 e. The number of carbonyl (C=O) groups excluding carboxylic acids is 3. The lowest BCUT2D eigenvalue weighted by atomic mass is 10.0. The lowest BCUT2D eigenvalue weighted by Crippen LogP contribution is -2.56. The van der Waals surface area contributed by atoms with Crippen LogP contribution in [0, 0.1) is 5.92 Å². The van der Waals surface area contributed by atoms with Crippen molar-refractivity contribution < 1.29 is 29.0 Å². The second kappa shape index (κ2) is 13.8. The lowest BCUT2D eigenvalue weighted by Gasteiger charge is -2.30. The van der Waals surface area contributed by atoms with Gasteiger partial charge in [0.1, 0.15) is 23.2 Å². The van der Waals surface area contributed by atoms with Gasteiger partial charge in [-0.15, -0.1) is 0 Å². The first-order valence-corrected chi connectivity index (χ1v) is 17.9. The van der Waals surface area contributed by atoms with Crippen molar-refractivity contribution in [1.82, 2.24) is 25.3 Å². The molecule has 6 rings (SSSR count). The number of ether oxygens (including phenoxy) is 1. The van der Waals surface area contributed by atoms with Crippen LogP contribution in [0.15, 0.2) is 52.1 Å². The number of thiophene rings is 1. The van der Waals surface area contributed by atoms with Gasteiger partial charge in [0, 0.05) is 37.5 Å². The van der Waals surface area contributed by atoms with Crippen LogP contribution in [0.4, 0.5) is 10.5 Å². The molecule has 13 nitrogen and oxygen atoms in total. The van der Waals surface area contributed by atoms with E-state index in [0.29, 0.717) is 37.2 Å². The molecule has 1 saturated carbocycles. The third kappa shape index (κ3) is 7.29. The number of hydrogen-bond acceptors (Lipinski definition) is 9. The molecule has 5 heterocycles. The summed E-state index contributed by atoms with van der Waals surface area (Å²) in [6.07, 6.45) is 12.3. The Labute approximate surface area is 289 Å². The summed E-state index contributed by atoms with van der Waals surface area (Å²) in [4.78, 5) is 71.5. The number of alkyl carbamates (subject to hydrolysis) is 1. The molecule has 3 N–H and O–H groups in total. The van der Waals surface area contributed by atoms with Crippen LogP contribution in [0.2, 0.25) is 0 Å². The van der Waals surface area contributed by atoms with Crippen LogP contribution in [0.25, 0.3) is 11.1 Å². The normalized spacial score (nSPS) is 27.5. The Morgan fingerprint density at radius 3 is 2.59 bits per heavy atom. The van der Waals surface area contributed by atoms with Crippen molar-refractivity contribution in [3.63, 3.8) is 0 Å². The first kappa shape index (κ1) is 34.4. The number of aliphatic carboxylic acids is 1. The van der Waals surface area contributed by atoms with Crippen molar-refractivity contribution in [3.8, 4) is 11.1 Å². The summed E-state index contributed by atoms with van der Waals surface area (Å²) in [6.45, 7) is 6.44. The minimum atomic E-state index is -1.47. The predicted octanol–water partition coefficient (Wildman–Crippen LogP) is 3.86. The summed E-state index contributed by atoms with van der Waals surface area (Å²) in [5, 5.41) is 24.1. The molecule has 0 unspecified atom stereocenters. The van der Waals surface area contributed by atoms with Gasteiger partial charge in [-0.25, -0.2) is 14.3 Å². The molecule has 14 heteroatoms. The Kier molecular flexibility index (Phi) is 9.70. The molecule has 0 radical (unpaired) electrons. The van der Waals surface area contributed by atoms with E-state index in [0.717, 1.165) is 24.8 Å². The van der Waals surface area contributed by atoms with Gasteiger partial charge < -0.3 is 30.3 Å². The van der Waals surface area contributed by atoms with Crippen LogP contribution in [0.3, 0.4) is 0 Å². The minimum Gasteiger partial charge on any atom is -0.479 e. The lowest BCUT2D eigenvalue weighted by molar-refractivity contribution is -0.145. The molecule has 3 amide bonds. The number of fused-ring (bicyclic) bond motifs is 2. The Balaban J connectivity index is 1.36. The van der Waals surface area contributed by atoms with Crippen LogP contribution in [-0.4, -0.2) is 86.5 Å². The smallest absolute Gasteiger partial charge is 0.408 e. The number of anilines is 1. The molecule has 262 valence electrons. The number of hydrogen-bond donors (Lipinski definition) is 3. The summed E-state index contributed by atoms with van der Waals surface area (Å²) in [5.41, 5.74) is -0.669. The molecule has 0 spiro atoms. The largest absolute Gasteiger partial charge is 0.479 e. The van der Waals surface area contributed by atoms with Gasteiger partial charge in [-0.3, -0.25) is 14.4 Å². The first-order valence-electron chi connectivity index (χ1n) is 16.9. The average Bonchev–Trinajstić information content (AvgIpc) is 3.56. The molecule has 3 aliphatic heterocycles. The fourth-order valence-electron chi connectivity index (χ4n) is 7.02. The zero-order valence-corrected chi connectivity index (χ0v) is 28.9. The van der Waals surface area contributed by atoms with Crippen LogP contribution in [0.5, 0.6) is 0 Å². The number of rotatable bonds is 5. The summed E-state index contributed by atoms with van der Waals surface area (Å²) in [5.74, 6) is -2.62. The quantitative estimate of drug-likeness (QED) is 0.395. The monoisotopic (exact) mass is 692 g/mol. The van der Waals surface area contributed by atoms with E-state index in [1.54, 1.807) is 27.0 Å². The van der Waals surface area contributed by atoms with E-state index in [4.69, 9.17) is 4.74 Å². The summed E-state index contributed by atoms with van der Waals surface area (Å²) in [6, 6.07) is -0.907. The summed E-state index contributed by atoms with van der Waals surface area (Å²) in [7, 11) is 0. The standard InChI is InChI=1S/C35H44N6O7S/c1-34(2,3)48-33(47)37-25-12-8-6-4-5-7-11-23-18-35(23,32(45)46)38-29(42)26-17-24(20-40(26)30(25)43)41-31(44)28(22-13-16-49-21-22)27(19-36-41)39-14-9-10-15-39/h7,9-11,13,16,19,21,23-26H,4-6,8,12,14-15,17-18,20H2,1-3H3,(H,37,47)(H,38,42)(H,45,46)/t23-,24+,25+,26+,35-/m1/s1. The van der Waals surface area contributed by atoms with Gasteiger partial charge in [0.05, 0.1) is 23.5 Å². The number of amides is 3. The molecule has 49 heavy (non-hydrogen) atoms. The van der Waals surface area contributed by atoms with E-state index >= 15 is 0 Å². The van der Waals surface area contributed by atoms with Gasteiger partial charge in [0.15, 0.2) is 0 Å². The number of carboxylic acids is 1.